The summed E-state index contributed by atoms with van der Waals surface area (Å²) in [4.78, 5) is 58.0. The molecule has 1 aromatic heterocycles. The lowest BCUT2D eigenvalue weighted by Gasteiger charge is -2.29. The van der Waals surface area contributed by atoms with Gasteiger partial charge in [0.15, 0.2) is 0 Å². The smallest absolute Gasteiger partial charge is 0.410 e. The summed E-state index contributed by atoms with van der Waals surface area (Å²) in [5.41, 5.74) is 1.82. The topological polar surface area (TPSA) is 153 Å². The number of nitrogens with zero attached hydrogens (tertiary/aromatic N) is 1. The third-order valence-electron chi connectivity index (χ3n) is 7.24. The SMILES string of the molecule is CC(C)(C)OC(=O)N1CCC[C@H]1C(=O)N[C@@H](Cc1c[nH]c2ccccc12)C(=O)N[C@@H](Cc1ccccc1)C(=O)NCCO. The summed E-state index contributed by atoms with van der Waals surface area (Å²) >= 11 is 0. The van der Waals surface area contributed by atoms with E-state index in [1.54, 1.807) is 27.0 Å². The van der Waals surface area contributed by atoms with E-state index < -0.39 is 47.5 Å². The number of para-hydroxylation sites is 1. The second-order valence-electron chi connectivity index (χ2n) is 11.7. The molecule has 4 amide bonds. The van der Waals surface area contributed by atoms with Crippen molar-refractivity contribution < 1.29 is 29.0 Å². The van der Waals surface area contributed by atoms with Gasteiger partial charge in [-0.15, -0.1) is 0 Å². The highest BCUT2D eigenvalue weighted by atomic mass is 16.6. The third kappa shape index (κ3) is 8.57. The van der Waals surface area contributed by atoms with Crippen LogP contribution in [0.5, 0.6) is 0 Å². The molecule has 0 unspecified atom stereocenters. The zero-order chi connectivity index (χ0) is 31.0. The van der Waals surface area contributed by atoms with Crippen LogP contribution in [0.2, 0.25) is 0 Å². The van der Waals surface area contributed by atoms with Crippen molar-refractivity contribution >= 4 is 34.7 Å². The molecule has 2 aromatic carbocycles. The number of amides is 4. The van der Waals surface area contributed by atoms with E-state index in [1.165, 1.54) is 4.90 Å². The number of aromatic nitrogens is 1. The first-order valence-electron chi connectivity index (χ1n) is 14.6. The van der Waals surface area contributed by atoms with E-state index in [4.69, 9.17) is 4.74 Å². The number of hydrogen-bond acceptors (Lipinski definition) is 6. The summed E-state index contributed by atoms with van der Waals surface area (Å²) in [6.45, 7) is 5.46. The average Bonchev–Trinajstić information content (AvgIpc) is 3.63. The van der Waals surface area contributed by atoms with Gasteiger partial charge in [0.05, 0.1) is 6.61 Å². The number of aromatic amines is 1. The molecule has 0 spiro atoms. The second-order valence-corrected chi connectivity index (χ2v) is 11.7. The van der Waals surface area contributed by atoms with E-state index in [2.05, 4.69) is 20.9 Å². The maximum absolute atomic E-state index is 13.9. The van der Waals surface area contributed by atoms with E-state index in [-0.39, 0.29) is 26.0 Å². The monoisotopic (exact) mass is 591 g/mol. The first-order chi connectivity index (χ1) is 20.6. The Labute approximate surface area is 251 Å². The minimum Gasteiger partial charge on any atom is -0.444 e. The minimum atomic E-state index is -1.04. The second kappa shape index (κ2) is 14.2. The lowest BCUT2D eigenvalue weighted by Crippen LogP contribution is -2.57. The maximum Gasteiger partial charge on any atom is 0.410 e. The molecule has 1 aliphatic heterocycles. The Hall–Kier alpha value is -4.38. The number of likely N-dealkylation sites (tertiary alicyclic amines) is 1. The van der Waals surface area contributed by atoms with Crippen molar-refractivity contribution in [3.05, 3.63) is 71.9 Å². The van der Waals surface area contributed by atoms with Gasteiger partial charge in [0.1, 0.15) is 23.7 Å². The number of ether oxygens (including phenoxy) is 1. The van der Waals surface area contributed by atoms with Crippen molar-refractivity contribution in [2.75, 3.05) is 19.7 Å². The van der Waals surface area contributed by atoms with Gasteiger partial charge < -0.3 is 30.8 Å². The van der Waals surface area contributed by atoms with Gasteiger partial charge in [-0.25, -0.2) is 4.79 Å². The number of aliphatic hydroxyl groups is 1. The molecule has 0 bridgehead atoms. The van der Waals surface area contributed by atoms with Crippen LogP contribution in [-0.4, -0.2) is 82.2 Å². The maximum atomic E-state index is 13.9. The standard InChI is InChI=1S/C32H41N5O6/c1-32(2,3)43-31(42)37-16-9-14-27(37)30(41)36-26(19-22-20-34-24-13-8-7-12-23(22)24)29(40)35-25(28(39)33-15-17-38)18-21-10-5-4-6-11-21/h4-8,10-13,20,25-27,34,38H,9,14-19H2,1-3H3,(H,33,39)(H,35,40)(H,36,41)/t25-,26-,27-/m0/s1. The summed E-state index contributed by atoms with van der Waals surface area (Å²) < 4.78 is 5.52. The van der Waals surface area contributed by atoms with Crippen LogP contribution in [0.4, 0.5) is 4.79 Å². The Morgan fingerprint density at radius 3 is 2.40 bits per heavy atom. The molecule has 0 radical (unpaired) electrons. The number of carbonyl (C=O) groups is 4. The van der Waals surface area contributed by atoms with Gasteiger partial charge in [-0.2, -0.15) is 0 Å². The van der Waals surface area contributed by atoms with Crippen molar-refractivity contribution in [3.63, 3.8) is 0 Å². The van der Waals surface area contributed by atoms with Crippen molar-refractivity contribution in [2.45, 2.75) is 70.2 Å². The Balaban J connectivity index is 1.57. The molecule has 3 aromatic rings. The van der Waals surface area contributed by atoms with Gasteiger partial charge in [-0.1, -0.05) is 48.5 Å². The first-order valence-corrected chi connectivity index (χ1v) is 14.6. The fourth-order valence-corrected chi connectivity index (χ4v) is 5.21. The van der Waals surface area contributed by atoms with E-state index in [1.807, 2.05) is 54.6 Å². The van der Waals surface area contributed by atoms with Crippen LogP contribution in [0.3, 0.4) is 0 Å². The summed E-state index contributed by atoms with van der Waals surface area (Å²) in [6, 6.07) is 14.1. The molecule has 1 fully saturated rings. The van der Waals surface area contributed by atoms with Crippen LogP contribution in [0.1, 0.15) is 44.7 Å². The molecule has 43 heavy (non-hydrogen) atoms. The molecule has 230 valence electrons. The normalized spacial score (nSPS) is 16.4. The number of aliphatic hydroxyl groups excluding tert-OH is 1. The molecule has 11 nitrogen and oxygen atoms in total. The average molecular weight is 592 g/mol. The van der Waals surface area contributed by atoms with Crippen molar-refractivity contribution in [1.82, 2.24) is 25.8 Å². The molecule has 2 heterocycles. The van der Waals surface area contributed by atoms with Crippen LogP contribution in [0, 0.1) is 0 Å². The van der Waals surface area contributed by atoms with Gasteiger partial charge >= 0.3 is 6.09 Å². The Kier molecular flexibility index (Phi) is 10.4. The number of carbonyl (C=O) groups excluding carboxylic acids is 4. The molecular formula is C32H41N5O6. The molecule has 0 saturated carbocycles. The molecule has 4 rings (SSSR count). The number of nitrogens with one attached hydrogen (secondary N) is 4. The molecule has 11 heteroatoms. The number of rotatable bonds is 11. The van der Waals surface area contributed by atoms with Crippen molar-refractivity contribution in [2.24, 2.45) is 0 Å². The highest BCUT2D eigenvalue weighted by Gasteiger charge is 2.38. The van der Waals surface area contributed by atoms with E-state index in [9.17, 15) is 24.3 Å². The van der Waals surface area contributed by atoms with E-state index in [0.29, 0.717) is 19.4 Å². The molecular weight excluding hydrogens is 550 g/mol. The lowest BCUT2D eigenvalue weighted by molar-refractivity contribution is -0.133. The predicted molar refractivity (Wildman–Crippen MR) is 162 cm³/mol. The largest absolute Gasteiger partial charge is 0.444 e. The van der Waals surface area contributed by atoms with Crippen LogP contribution in [0.25, 0.3) is 10.9 Å². The van der Waals surface area contributed by atoms with E-state index >= 15 is 0 Å². The van der Waals surface area contributed by atoms with Crippen LogP contribution >= 0.6 is 0 Å². The number of benzene rings is 2. The Morgan fingerprint density at radius 2 is 1.67 bits per heavy atom. The van der Waals surface area contributed by atoms with Gasteiger partial charge in [-0.3, -0.25) is 19.3 Å². The summed E-state index contributed by atoms with van der Waals surface area (Å²) in [7, 11) is 0. The van der Waals surface area contributed by atoms with Crippen LogP contribution in [-0.2, 0) is 32.0 Å². The fraction of sp³-hybridized carbons (Fsp3) is 0.438. The van der Waals surface area contributed by atoms with Crippen LogP contribution < -0.4 is 16.0 Å². The number of fused-ring (bicyclic) bond motifs is 1. The molecule has 3 atom stereocenters. The predicted octanol–water partition coefficient (Wildman–Crippen LogP) is 2.43. The van der Waals surface area contributed by atoms with Crippen molar-refractivity contribution in [1.29, 1.82) is 0 Å². The molecule has 1 aliphatic rings. The number of hydrogen-bond donors (Lipinski definition) is 5. The van der Waals surface area contributed by atoms with Gasteiger partial charge in [-0.05, 0) is 50.8 Å². The van der Waals surface area contributed by atoms with Crippen LogP contribution in [0.15, 0.2) is 60.8 Å². The highest BCUT2D eigenvalue weighted by Crippen LogP contribution is 2.23. The lowest BCUT2D eigenvalue weighted by atomic mass is 10.0. The zero-order valence-corrected chi connectivity index (χ0v) is 24.9. The quantitative estimate of drug-likeness (QED) is 0.231. The minimum absolute atomic E-state index is 0.0394. The zero-order valence-electron chi connectivity index (χ0n) is 24.9. The molecule has 0 aliphatic carbocycles. The Morgan fingerprint density at radius 1 is 0.977 bits per heavy atom. The van der Waals surface area contributed by atoms with E-state index in [0.717, 1.165) is 22.0 Å². The van der Waals surface area contributed by atoms with Gasteiger partial charge in [0.2, 0.25) is 17.7 Å². The Bertz CT molecular complexity index is 1420. The summed E-state index contributed by atoms with van der Waals surface area (Å²) in [5, 5.41) is 18.5. The first kappa shape index (κ1) is 31.6. The summed E-state index contributed by atoms with van der Waals surface area (Å²) in [6.07, 6.45) is 2.65. The summed E-state index contributed by atoms with van der Waals surface area (Å²) in [5.74, 6) is -1.46. The highest BCUT2D eigenvalue weighted by molar-refractivity contribution is 5.95. The van der Waals surface area contributed by atoms with Gasteiger partial charge in [0.25, 0.3) is 0 Å². The molecule has 1 saturated heterocycles. The third-order valence-corrected chi connectivity index (χ3v) is 7.24. The number of H-pyrrole nitrogens is 1. The fourth-order valence-electron chi connectivity index (χ4n) is 5.21. The molecule has 5 N–H and O–H groups in total. The van der Waals surface area contributed by atoms with Crippen molar-refractivity contribution in [3.8, 4) is 0 Å². The van der Waals surface area contributed by atoms with Gasteiger partial charge in [0, 0.05) is 43.0 Å².